The quantitative estimate of drug-likeness (QED) is 0.243. The fraction of sp³-hybridized carbons (Fsp3) is 0.0345. The Kier molecular flexibility index (Phi) is 3.75. The fourth-order valence-corrected chi connectivity index (χ4v) is 4.54. The molecular weight excluding hydrogens is 362 g/mol. The lowest BCUT2D eigenvalue weighted by Crippen LogP contribution is -1.90. The molecule has 0 aromatic heterocycles. The second kappa shape index (κ2) is 6.60. The van der Waals surface area contributed by atoms with E-state index < -0.39 is 0 Å². The molecule has 1 nitrogen and oxygen atoms in total. The first kappa shape index (κ1) is 17.1. The van der Waals surface area contributed by atoms with Crippen molar-refractivity contribution in [2.24, 2.45) is 0 Å². The van der Waals surface area contributed by atoms with Gasteiger partial charge >= 0.3 is 0 Å². The van der Waals surface area contributed by atoms with Gasteiger partial charge in [0, 0.05) is 11.1 Å². The number of nitrogens with two attached hydrogens (primary N) is 1. The molecule has 0 bridgehead atoms. The summed E-state index contributed by atoms with van der Waals surface area (Å²) in [6.07, 6.45) is 0.918. The van der Waals surface area contributed by atoms with Crippen LogP contribution in [0.25, 0.3) is 43.1 Å². The first-order valence-electron chi connectivity index (χ1n) is 10.4. The van der Waals surface area contributed by atoms with Gasteiger partial charge in [-0.25, -0.2) is 0 Å². The van der Waals surface area contributed by atoms with Crippen molar-refractivity contribution in [1.82, 2.24) is 0 Å². The van der Waals surface area contributed by atoms with E-state index >= 15 is 0 Å². The number of rotatable bonds is 2. The molecule has 6 rings (SSSR count). The molecule has 0 aliphatic heterocycles. The second-order valence-electron chi connectivity index (χ2n) is 8.16. The van der Waals surface area contributed by atoms with E-state index in [1.807, 2.05) is 12.1 Å². The van der Waals surface area contributed by atoms with Crippen LogP contribution < -0.4 is 5.73 Å². The van der Waals surface area contributed by atoms with Crippen LogP contribution in [0.2, 0.25) is 0 Å². The Hall–Kier alpha value is -3.84. The van der Waals surface area contributed by atoms with Crippen molar-refractivity contribution in [2.45, 2.75) is 6.42 Å². The van der Waals surface area contributed by atoms with Gasteiger partial charge in [-0.15, -0.1) is 0 Å². The van der Waals surface area contributed by atoms with Crippen LogP contribution in [0.1, 0.15) is 11.1 Å². The van der Waals surface area contributed by atoms with Crippen molar-refractivity contribution >= 4 is 48.8 Å². The van der Waals surface area contributed by atoms with Crippen LogP contribution in [0.3, 0.4) is 0 Å². The molecule has 0 amide bonds. The van der Waals surface area contributed by atoms with Crippen LogP contribution in [0, 0.1) is 0 Å². The molecule has 2 N–H and O–H groups in total. The lowest BCUT2D eigenvalue weighted by atomic mass is 9.96. The predicted octanol–water partition coefficient (Wildman–Crippen LogP) is 7.47. The number of fused-ring (bicyclic) bond motifs is 4. The second-order valence-corrected chi connectivity index (χ2v) is 8.16. The van der Waals surface area contributed by atoms with E-state index in [-0.39, 0.29) is 0 Å². The van der Waals surface area contributed by atoms with Gasteiger partial charge in [-0.05, 0) is 85.6 Å². The molecule has 0 saturated carbocycles. The summed E-state index contributed by atoms with van der Waals surface area (Å²) in [6, 6.07) is 37.3. The molecule has 142 valence electrons. The molecule has 0 saturated heterocycles. The number of anilines is 1. The minimum atomic E-state index is 0.835. The number of hydrogen-bond donors (Lipinski definition) is 1. The molecule has 0 radical (unpaired) electrons. The highest BCUT2D eigenvalue weighted by Crippen LogP contribution is 2.29. The van der Waals surface area contributed by atoms with Gasteiger partial charge in [-0.1, -0.05) is 72.8 Å². The Bertz CT molecular complexity index is 1580. The molecule has 0 atom stereocenters. The first-order chi connectivity index (χ1) is 14.7. The molecule has 6 aromatic rings. The molecule has 0 fully saturated rings. The third-order valence-corrected chi connectivity index (χ3v) is 6.11. The molecule has 0 aliphatic carbocycles. The zero-order chi connectivity index (χ0) is 20.1. The van der Waals surface area contributed by atoms with Crippen molar-refractivity contribution in [3.05, 3.63) is 114 Å². The zero-order valence-corrected chi connectivity index (χ0v) is 16.6. The van der Waals surface area contributed by atoms with Crippen molar-refractivity contribution in [3.63, 3.8) is 0 Å². The maximum atomic E-state index is 6.20. The van der Waals surface area contributed by atoms with Gasteiger partial charge in [-0.3, -0.25) is 0 Å². The van der Waals surface area contributed by atoms with Crippen LogP contribution in [0.5, 0.6) is 0 Å². The maximum absolute atomic E-state index is 6.20. The maximum Gasteiger partial charge on any atom is 0.0393 e. The Morgan fingerprint density at radius 3 is 1.67 bits per heavy atom. The summed E-state index contributed by atoms with van der Waals surface area (Å²) in [5.74, 6) is 0. The van der Waals surface area contributed by atoms with Crippen molar-refractivity contribution in [2.75, 3.05) is 5.73 Å². The van der Waals surface area contributed by atoms with Gasteiger partial charge in [-0.2, -0.15) is 0 Å². The topological polar surface area (TPSA) is 26.0 Å². The van der Waals surface area contributed by atoms with E-state index in [0.29, 0.717) is 0 Å². The predicted molar refractivity (Wildman–Crippen MR) is 130 cm³/mol. The Labute approximate surface area is 175 Å². The molecule has 1 heteroatoms. The summed E-state index contributed by atoms with van der Waals surface area (Å²) < 4.78 is 0. The van der Waals surface area contributed by atoms with Crippen LogP contribution in [0.4, 0.5) is 5.69 Å². The summed E-state index contributed by atoms with van der Waals surface area (Å²) >= 11 is 0. The van der Waals surface area contributed by atoms with E-state index in [9.17, 15) is 0 Å². The third kappa shape index (κ3) is 2.87. The smallest absolute Gasteiger partial charge is 0.0393 e. The van der Waals surface area contributed by atoms with Gasteiger partial charge in [0.2, 0.25) is 0 Å². The highest BCUT2D eigenvalue weighted by Gasteiger charge is 2.05. The zero-order valence-electron chi connectivity index (χ0n) is 16.6. The van der Waals surface area contributed by atoms with Gasteiger partial charge in [0.25, 0.3) is 0 Å². The number of hydrogen-bond acceptors (Lipinski definition) is 1. The summed E-state index contributed by atoms with van der Waals surface area (Å²) in [7, 11) is 0. The van der Waals surface area contributed by atoms with Crippen molar-refractivity contribution < 1.29 is 0 Å². The minimum absolute atomic E-state index is 0.835. The van der Waals surface area contributed by atoms with E-state index in [1.165, 1.54) is 48.8 Å². The van der Waals surface area contributed by atoms with Crippen molar-refractivity contribution in [3.8, 4) is 0 Å². The highest BCUT2D eigenvalue weighted by atomic mass is 14.5. The highest BCUT2D eigenvalue weighted by molar-refractivity contribution is 6.03. The Morgan fingerprint density at radius 2 is 0.967 bits per heavy atom. The van der Waals surface area contributed by atoms with Gasteiger partial charge < -0.3 is 5.73 Å². The van der Waals surface area contributed by atoms with E-state index in [1.54, 1.807) is 0 Å². The minimum Gasteiger partial charge on any atom is -0.398 e. The SMILES string of the molecule is Nc1cccc2cc3ccc(Cc4ccc5cc6ccccc6cc5c4)cc3cc12. The fourth-order valence-electron chi connectivity index (χ4n) is 4.54. The molecule has 0 unspecified atom stereocenters. The Balaban J connectivity index is 1.41. The van der Waals surface area contributed by atoms with E-state index in [0.717, 1.165) is 17.5 Å². The van der Waals surface area contributed by atoms with Crippen molar-refractivity contribution in [1.29, 1.82) is 0 Å². The largest absolute Gasteiger partial charge is 0.398 e. The van der Waals surface area contributed by atoms with E-state index in [4.69, 9.17) is 5.73 Å². The normalized spacial score (nSPS) is 11.6. The van der Waals surface area contributed by atoms with Gasteiger partial charge in [0.05, 0.1) is 0 Å². The average Bonchev–Trinajstić information content (AvgIpc) is 2.77. The molecular formula is C29H21N. The Morgan fingerprint density at radius 1 is 0.433 bits per heavy atom. The van der Waals surface area contributed by atoms with Crippen LogP contribution in [-0.2, 0) is 6.42 Å². The van der Waals surface area contributed by atoms with E-state index in [2.05, 4.69) is 91.0 Å². The molecule has 30 heavy (non-hydrogen) atoms. The number of benzene rings is 6. The molecule has 0 aliphatic rings. The summed E-state index contributed by atoms with van der Waals surface area (Å²) in [6.45, 7) is 0. The molecule has 0 spiro atoms. The lowest BCUT2D eigenvalue weighted by Gasteiger charge is -2.09. The third-order valence-electron chi connectivity index (χ3n) is 6.11. The molecule has 0 heterocycles. The summed E-state index contributed by atoms with van der Waals surface area (Å²) in [5.41, 5.74) is 9.68. The van der Waals surface area contributed by atoms with Crippen LogP contribution in [-0.4, -0.2) is 0 Å². The lowest BCUT2D eigenvalue weighted by molar-refractivity contribution is 1.21. The van der Waals surface area contributed by atoms with Gasteiger partial charge in [0.1, 0.15) is 0 Å². The first-order valence-corrected chi connectivity index (χ1v) is 10.4. The summed E-state index contributed by atoms with van der Waals surface area (Å²) in [4.78, 5) is 0. The molecule has 6 aromatic carbocycles. The van der Waals surface area contributed by atoms with Crippen LogP contribution in [0.15, 0.2) is 103 Å². The average molecular weight is 383 g/mol. The standard InChI is InChI=1S/C29H21N/c30-29-7-3-6-25-16-24-11-9-20(14-27(24)18-28(25)29)12-19-8-10-23-15-21-4-1-2-5-22(21)17-26(23)13-19/h1-11,13-18H,12,30H2. The van der Waals surface area contributed by atoms with Crippen LogP contribution >= 0.6 is 0 Å². The summed E-state index contributed by atoms with van der Waals surface area (Å²) in [5, 5.41) is 9.98. The monoisotopic (exact) mass is 383 g/mol. The van der Waals surface area contributed by atoms with Gasteiger partial charge in [0.15, 0.2) is 0 Å². The number of nitrogen functional groups attached to an aromatic ring is 1.